The molecule has 1 saturated heterocycles. The number of nitrogens with one attached hydrogen (secondary N) is 2. The SMILES string of the molecule is CN=C(NCCc1ccc(F)cc1)NCC(C)N1CCN(C)CC1.I. The van der Waals surface area contributed by atoms with Gasteiger partial charge in [-0.3, -0.25) is 9.89 Å². The Morgan fingerprint density at radius 1 is 1.16 bits per heavy atom. The zero-order valence-corrected chi connectivity index (χ0v) is 17.8. The van der Waals surface area contributed by atoms with E-state index in [-0.39, 0.29) is 29.8 Å². The monoisotopic (exact) mass is 463 g/mol. The van der Waals surface area contributed by atoms with Crippen LogP contribution in [0.1, 0.15) is 12.5 Å². The molecule has 0 bridgehead atoms. The van der Waals surface area contributed by atoms with Crippen LogP contribution < -0.4 is 10.6 Å². The first-order chi connectivity index (χ1) is 11.6. The highest BCUT2D eigenvalue weighted by Crippen LogP contribution is 2.04. The number of hydrogen-bond donors (Lipinski definition) is 2. The second kappa shape index (κ2) is 11.6. The van der Waals surface area contributed by atoms with Gasteiger partial charge in [0.15, 0.2) is 5.96 Å². The van der Waals surface area contributed by atoms with Crippen molar-refractivity contribution in [1.29, 1.82) is 0 Å². The van der Waals surface area contributed by atoms with Crippen molar-refractivity contribution in [3.63, 3.8) is 0 Å². The third-order valence-electron chi connectivity index (χ3n) is 4.57. The molecule has 1 atom stereocenters. The predicted molar refractivity (Wildman–Crippen MR) is 113 cm³/mol. The van der Waals surface area contributed by atoms with E-state index in [0.717, 1.165) is 57.2 Å². The van der Waals surface area contributed by atoms with Crippen LogP contribution in [0.25, 0.3) is 0 Å². The topological polar surface area (TPSA) is 42.9 Å². The molecule has 2 N–H and O–H groups in total. The van der Waals surface area contributed by atoms with Crippen molar-refractivity contribution in [3.05, 3.63) is 35.6 Å². The van der Waals surface area contributed by atoms with Crippen molar-refractivity contribution >= 4 is 29.9 Å². The maximum Gasteiger partial charge on any atom is 0.191 e. The summed E-state index contributed by atoms with van der Waals surface area (Å²) in [4.78, 5) is 9.15. The van der Waals surface area contributed by atoms with E-state index in [1.807, 2.05) is 12.1 Å². The molecule has 0 amide bonds. The van der Waals surface area contributed by atoms with Gasteiger partial charge in [-0.2, -0.15) is 0 Å². The molecule has 142 valence electrons. The number of halogens is 2. The molecule has 1 aliphatic rings. The van der Waals surface area contributed by atoms with Crippen molar-refractivity contribution in [3.8, 4) is 0 Å². The van der Waals surface area contributed by atoms with Gasteiger partial charge in [-0.1, -0.05) is 12.1 Å². The maximum atomic E-state index is 12.9. The average Bonchev–Trinajstić information content (AvgIpc) is 2.60. The van der Waals surface area contributed by atoms with Gasteiger partial charge in [0.25, 0.3) is 0 Å². The van der Waals surface area contributed by atoms with Crippen LogP contribution in [0, 0.1) is 5.82 Å². The van der Waals surface area contributed by atoms with Crippen molar-refractivity contribution in [1.82, 2.24) is 20.4 Å². The van der Waals surface area contributed by atoms with E-state index >= 15 is 0 Å². The zero-order chi connectivity index (χ0) is 17.4. The predicted octanol–water partition coefficient (Wildman–Crippen LogP) is 1.79. The largest absolute Gasteiger partial charge is 0.356 e. The minimum Gasteiger partial charge on any atom is -0.356 e. The number of benzene rings is 1. The Morgan fingerprint density at radius 3 is 2.40 bits per heavy atom. The third kappa shape index (κ3) is 7.87. The molecule has 0 aliphatic carbocycles. The second-order valence-electron chi connectivity index (χ2n) is 6.44. The van der Waals surface area contributed by atoms with Crippen molar-refractivity contribution in [2.24, 2.45) is 4.99 Å². The molecule has 7 heteroatoms. The molecule has 1 heterocycles. The van der Waals surface area contributed by atoms with Crippen LogP contribution in [0.4, 0.5) is 4.39 Å². The highest BCUT2D eigenvalue weighted by atomic mass is 127. The second-order valence-corrected chi connectivity index (χ2v) is 6.44. The van der Waals surface area contributed by atoms with Crippen LogP contribution in [0.3, 0.4) is 0 Å². The molecule has 0 saturated carbocycles. The van der Waals surface area contributed by atoms with E-state index in [2.05, 4.69) is 39.4 Å². The van der Waals surface area contributed by atoms with Crippen LogP contribution in [0.15, 0.2) is 29.3 Å². The molecule has 0 aromatic heterocycles. The lowest BCUT2D eigenvalue weighted by Gasteiger charge is -2.36. The van der Waals surface area contributed by atoms with Gasteiger partial charge in [0, 0.05) is 52.4 Å². The Labute approximate surface area is 168 Å². The van der Waals surface area contributed by atoms with Gasteiger partial charge in [0.1, 0.15) is 5.82 Å². The minimum atomic E-state index is -0.193. The summed E-state index contributed by atoms with van der Waals surface area (Å²) >= 11 is 0. The van der Waals surface area contributed by atoms with Crippen LogP contribution in [0.5, 0.6) is 0 Å². The summed E-state index contributed by atoms with van der Waals surface area (Å²) in [7, 11) is 3.96. The van der Waals surface area contributed by atoms with Gasteiger partial charge in [0.05, 0.1) is 0 Å². The molecule has 25 heavy (non-hydrogen) atoms. The normalized spacial score (nSPS) is 17.7. The van der Waals surface area contributed by atoms with Gasteiger partial charge in [-0.05, 0) is 38.1 Å². The van der Waals surface area contributed by atoms with E-state index in [1.54, 1.807) is 7.05 Å². The lowest BCUT2D eigenvalue weighted by molar-refractivity contribution is 0.120. The van der Waals surface area contributed by atoms with E-state index in [9.17, 15) is 4.39 Å². The summed E-state index contributed by atoms with van der Waals surface area (Å²) in [6, 6.07) is 7.13. The molecule has 1 aromatic rings. The van der Waals surface area contributed by atoms with Crippen LogP contribution in [0.2, 0.25) is 0 Å². The van der Waals surface area contributed by atoms with Crippen molar-refractivity contribution in [2.45, 2.75) is 19.4 Å². The Balaban J connectivity index is 0.00000312. The molecule has 5 nitrogen and oxygen atoms in total. The lowest BCUT2D eigenvalue weighted by atomic mass is 10.1. The molecule has 1 unspecified atom stereocenters. The fraction of sp³-hybridized carbons (Fsp3) is 0.611. The van der Waals surface area contributed by atoms with Crippen LogP contribution in [-0.2, 0) is 6.42 Å². The number of nitrogens with zero attached hydrogens (tertiary/aromatic N) is 3. The van der Waals surface area contributed by atoms with Crippen LogP contribution >= 0.6 is 24.0 Å². The molecular weight excluding hydrogens is 432 g/mol. The average molecular weight is 463 g/mol. The molecule has 0 spiro atoms. The Morgan fingerprint density at radius 2 is 1.80 bits per heavy atom. The summed E-state index contributed by atoms with van der Waals surface area (Å²) in [5, 5.41) is 6.71. The summed E-state index contributed by atoms with van der Waals surface area (Å²) in [6.07, 6.45) is 0.842. The van der Waals surface area contributed by atoms with E-state index in [4.69, 9.17) is 0 Å². The van der Waals surface area contributed by atoms with Gasteiger partial charge >= 0.3 is 0 Å². The maximum absolute atomic E-state index is 12.9. The zero-order valence-electron chi connectivity index (χ0n) is 15.5. The number of aliphatic imine (C=N–C) groups is 1. The highest BCUT2D eigenvalue weighted by molar-refractivity contribution is 14.0. The lowest BCUT2D eigenvalue weighted by Crippen LogP contribution is -2.52. The molecule has 1 fully saturated rings. The van der Waals surface area contributed by atoms with Gasteiger partial charge in [-0.15, -0.1) is 24.0 Å². The first-order valence-corrected chi connectivity index (χ1v) is 8.70. The van der Waals surface area contributed by atoms with Gasteiger partial charge in [0.2, 0.25) is 0 Å². The number of hydrogen-bond acceptors (Lipinski definition) is 3. The molecule has 2 rings (SSSR count). The van der Waals surface area contributed by atoms with Gasteiger partial charge < -0.3 is 15.5 Å². The number of likely N-dealkylation sites (N-methyl/N-ethyl adjacent to an activating group) is 1. The standard InChI is InChI=1S/C18H30FN5.HI/c1-15(24-12-10-23(3)11-13-24)14-22-18(20-2)21-9-8-16-4-6-17(19)7-5-16;/h4-7,15H,8-14H2,1-3H3,(H2,20,21,22);1H. The minimum absolute atomic E-state index is 0. The summed E-state index contributed by atoms with van der Waals surface area (Å²) < 4.78 is 12.9. The quantitative estimate of drug-likeness (QED) is 0.384. The highest BCUT2D eigenvalue weighted by Gasteiger charge is 2.18. The van der Waals surface area contributed by atoms with Crippen molar-refractivity contribution < 1.29 is 4.39 Å². The number of guanidine groups is 1. The first kappa shape index (κ1) is 22.1. The fourth-order valence-corrected chi connectivity index (χ4v) is 2.83. The molecular formula is C18H31FIN5. The fourth-order valence-electron chi connectivity index (χ4n) is 2.83. The summed E-state index contributed by atoms with van der Waals surface area (Å²) in [6.45, 7) is 8.41. The molecule has 1 aliphatic heterocycles. The van der Waals surface area contributed by atoms with Gasteiger partial charge in [-0.25, -0.2) is 4.39 Å². The Bertz CT molecular complexity index is 515. The van der Waals surface area contributed by atoms with Crippen LogP contribution in [-0.4, -0.2) is 75.2 Å². The summed E-state index contributed by atoms with van der Waals surface area (Å²) in [5.41, 5.74) is 1.12. The molecule has 1 aromatic carbocycles. The van der Waals surface area contributed by atoms with E-state index in [1.165, 1.54) is 12.1 Å². The Kier molecular flexibility index (Phi) is 10.3. The molecule has 0 radical (unpaired) electrons. The van der Waals surface area contributed by atoms with Crippen molar-refractivity contribution in [2.75, 3.05) is 53.4 Å². The number of rotatable bonds is 6. The van der Waals surface area contributed by atoms with E-state index in [0.29, 0.717) is 6.04 Å². The smallest absolute Gasteiger partial charge is 0.191 e. The third-order valence-corrected chi connectivity index (χ3v) is 4.57. The number of piperazine rings is 1. The Hall–Kier alpha value is -0.930. The van der Waals surface area contributed by atoms with E-state index < -0.39 is 0 Å². The first-order valence-electron chi connectivity index (χ1n) is 8.70. The summed E-state index contributed by atoms with van der Waals surface area (Å²) in [5.74, 6) is 0.625.